The molecular formula is C19H37NO. The molecule has 124 valence electrons. The number of quaternary nitrogens is 1. The third kappa shape index (κ3) is 5.25. The van der Waals surface area contributed by atoms with Crippen molar-refractivity contribution in [2.24, 2.45) is 23.2 Å². The van der Waals surface area contributed by atoms with Crippen molar-refractivity contribution in [3.63, 3.8) is 0 Å². The van der Waals surface area contributed by atoms with E-state index in [1.54, 1.807) is 0 Å². The van der Waals surface area contributed by atoms with Crippen LogP contribution in [0.5, 0.6) is 0 Å². The zero-order valence-electron chi connectivity index (χ0n) is 14.9. The van der Waals surface area contributed by atoms with Gasteiger partial charge in [-0.05, 0) is 55.8 Å². The van der Waals surface area contributed by atoms with Gasteiger partial charge in [0.05, 0.1) is 19.6 Å². The molecule has 2 fully saturated rings. The zero-order chi connectivity index (χ0) is 15.5. The maximum atomic E-state index is 12.7. The van der Waals surface area contributed by atoms with E-state index in [4.69, 9.17) is 0 Å². The zero-order valence-corrected chi connectivity index (χ0v) is 14.9. The van der Waals surface area contributed by atoms with E-state index in [1.165, 1.54) is 38.5 Å². The number of likely N-dealkylation sites (tertiary alicyclic amines) is 1. The summed E-state index contributed by atoms with van der Waals surface area (Å²) in [6.45, 7) is 12.1. The summed E-state index contributed by atoms with van der Waals surface area (Å²) in [4.78, 5) is 0. The predicted molar refractivity (Wildman–Crippen MR) is 90.8 cm³/mol. The fourth-order valence-corrected chi connectivity index (χ4v) is 4.75. The lowest BCUT2D eigenvalue weighted by Crippen LogP contribution is -2.48. The van der Waals surface area contributed by atoms with Crippen LogP contribution < -0.4 is 0 Å². The Morgan fingerprint density at radius 2 is 1.57 bits per heavy atom. The first kappa shape index (κ1) is 17.3. The van der Waals surface area contributed by atoms with Gasteiger partial charge in [-0.1, -0.05) is 40.5 Å². The SMILES string of the molecule is CC(CC1CCC(C(C)(C)C)CC1)C[N+]1([O-])CCCCC1. The van der Waals surface area contributed by atoms with E-state index in [-0.39, 0.29) is 4.65 Å². The van der Waals surface area contributed by atoms with Gasteiger partial charge in [0, 0.05) is 5.92 Å². The van der Waals surface area contributed by atoms with Gasteiger partial charge < -0.3 is 9.85 Å². The lowest BCUT2D eigenvalue weighted by Gasteiger charge is -2.47. The van der Waals surface area contributed by atoms with Crippen LogP contribution in [0.3, 0.4) is 0 Å². The minimum atomic E-state index is 0.110. The molecule has 1 saturated heterocycles. The monoisotopic (exact) mass is 295 g/mol. The number of hydrogen-bond donors (Lipinski definition) is 0. The number of nitrogens with zero attached hydrogens (tertiary/aromatic N) is 1. The van der Waals surface area contributed by atoms with Crippen LogP contribution in [-0.2, 0) is 0 Å². The highest BCUT2D eigenvalue weighted by atomic mass is 16.5. The van der Waals surface area contributed by atoms with Crippen LogP contribution in [0.25, 0.3) is 0 Å². The molecule has 0 amide bonds. The molecule has 0 N–H and O–H groups in total. The number of rotatable bonds is 4. The van der Waals surface area contributed by atoms with Crippen LogP contribution in [0.1, 0.15) is 79.1 Å². The van der Waals surface area contributed by atoms with E-state index >= 15 is 0 Å². The molecule has 2 heteroatoms. The molecule has 0 aromatic rings. The van der Waals surface area contributed by atoms with Crippen LogP contribution >= 0.6 is 0 Å². The Morgan fingerprint density at radius 3 is 2.10 bits per heavy atom. The Kier molecular flexibility index (Phi) is 5.76. The molecule has 1 aliphatic heterocycles. The van der Waals surface area contributed by atoms with E-state index in [2.05, 4.69) is 27.7 Å². The first-order chi connectivity index (χ1) is 9.78. The molecule has 0 bridgehead atoms. The van der Waals surface area contributed by atoms with Crippen LogP contribution in [0.2, 0.25) is 0 Å². The van der Waals surface area contributed by atoms with E-state index < -0.39 is 0 Å². The first-order valence-corrected chi connectivity index (χ1v) is 9.36. The second-order valence-corrected chi connectivity index (χ2v) is 9.17. The second kappa shape index (κ2) is 7.00. The smallest absolute Gasteiger partial charge is 0.0809 e. The molecule has 1 unspecified atom stereocenters. The lowest BCUT2D eigenvalue weighted by atomic mass is 9.68. The molecule has 0 radical (unpaired) electrons. The Labute approximate surface area is 132 Å². The standard InChI is InChI=1S/C19H37NO/c1-16(15-20(21)12-6-5-7-13-20)14-17-8-10-18(11-9-17)19(2,3)4/h16-18H,5-15H2,1-4H3. The summed E-state index contributed by atoms with van der Waals surface area (Å²) in [6, 6.07) is 0. The maximum absolute atomic E-state index is 12.7. The van der Waals surface area contributed by atoms with E-state index in [0.29, 0.717) is 11.3 Å². The predicted octanol–water partition coefficient (Wildman–Crippen LogP) is 5.36. The minimum Gasteiger partial charge on any atom is -0.633 e. The number of piperidine rings is 1. The van der Waals surface area contributed by atoms with Crippen molar-refractivity contribution in [1.29, 1.82) is 0 Å². The first-order valence-electron chi connectivity index (χ1n) is 9.36. The Balaban J connectivity index is 1.73. The molecule has 2 rings (SSSR count). The fraction of sp³-hybridized carbons (Fsp3) is 1.00. The van der Waals surface area contributed by atoms with Crippen molar-refractivity contribution in [3.8, 4) is 0 Å². The molecule has 1 heterocycles. The summed E-state index contributed by atoms with van der Waals surface area (Å²) >= 11 is 0. The van der Waals surface area contributed by atoms with Gasteiger partial charge in [0.1, 0.15) is 0 Å². The summed E-state index contributed by atoms with van der Waals surface area (Å²) in [5.74, 6) is 2.40. The molecule has 1 saturated carbocycles. The van der Waals surface area contributed by atoms with Gasteiger partial charge in [0.25, 0.3) is 0 Å². The van der Waals surface area contributed by atoms with Crippen molar-refractivity contribution in [2.75, 3.05) is 19.6 Å². The summed E-state index contributed by atoms with van der Waals surface area (Å²) in [6.07, 6.45) is 10.4. The van der Waals surface area contributed by atoms with Crippen LogP contribution in [0.4, 0.5) is 0 Å². The van der Waals surface area contributed by atoms with E-state index in [1.807, 2.05) is 0 Å². The third-order valence-corrected chi connectivity index (χ3v) is 6.08. The van der Waals surface area contributed by atoms with Crippen molar-refractivity contribution < 1.29 is 4.65 Å². The molecule has 0 aromatic carbocycles. The summed E-state index contributed by atoms with van der Waals surface area (Å²) in [5, 5.41) is 12.7. The molecule has 1 aliphatic carbocycles. The van der Waals surface area contributed by atoms with Crippen molar-refractivity contribution in [3.05, 3.63) is 5.21 Å². The number of hydrogen-bond acceptors (Lipinski definition) is 1. The summed E-state index contributed by atoms with van der Waals surface area (Å²) in [7, 11) is 0. The number of hydroxylamine groups is 3. The second-order valence-electron chi connectivity index (χ2n) is 9.17. The van der Waals surface area contributed by atoms with Gasteiger partial charge in [0.15, 0.2) is 0 Å². The fourth-order valence-electron chi connectivity index (χ4n) is 4.75. The van der Waals surface area contributed by atoms with Crippen molar-refractivity contribution in [2.45, 2.75) is 79.1 Å². The lowest BCUT2D eigenvalue weighted by molar-refractivity contribution is -0.888. The van der Waals surface area contributed by atoms with Crippen LogP contribution in [0, 0.1) is 28.4 Å². The average molecular weight is 296 g/mol. The highest BCUT2D eigenvalue weighted by Crippen LogP contribution is 2.41. The Morgan fingerprint density at radius 1 is 1.00 bits per heavy atom. The quantitative estimate of drug-likeness (QED) is 0.505. The normalized spacial score (nSPS) is 31.9. The highest BCUT2D eigenvalue weighted by Gasteiger charge is 2.31. The molecule has 2 aliphatic rings. The minimum absolute atomic E-state index is 0.110. The van der Waals surface area contributed by atoms with E-state index in [0.717, 1.165) is 44.3 Å². The maximum Gasteiger partial charge on any atom is 0.0809 e. The van der Waals surface area contributed by atoms with Crippen LogP contribution in [0.15, 0.2) is 0 Å². The highest BCUT2D eigenvalue weighted by molar-refractivity contribution is 4.81. The van der Waals surface area contributed by atoms with Crippen molar-refractivity contribution >= 4 is 0 Å². The summed E-state index contributed by atoms with van der Waals surface area (Å²) in [5.41, 5.74) is 0.481. The van der Waals surface area contributed by atoms with E-state index in [9.17, 15) is 5.21 Å². The Hall–Kier alpha value is -0.0800. The van der Waals surface area contributed by atoms with Gasteiger partial charge in [-0.25, -0.2) is 0 Å². The third-order valence-electron chi connectivity index (χ3n) is 6.08. The van der Waals surface area contributed by atoms with Gasteiger partial charge in [-0.2, -0.15) is 0 Å². The topological polar surface area (TPSA) is 23.1 Å². The van der Waals surface area contributed by atoms with Gasteiger partial charge in [-0.3, -0.25) is 0 Å². The molecule has 2 nitrogen and oxygen atoms in total. The average Bonchev–Trinajstić information content (AvgIpc) is 2.38. The molecule has 0 spiro atoms. The van der Waals surface area contributed by atoms with Gasteiger partial charge >= 0.3 is 0 Å². The molecule has 1 atom stereocenters. The van der Waals surface area contributed by atoms with Crippen LogP contribution in [-0.4, -0.2) is 24.3 Å². The van der Waals surface area contributed by atoms with Gasteiger partial charge in [0.2, 0.25) is 0 Å². The summed E-state index contributed by atoms with van der Waals surface area (Å²) < 4.78 is 0.110. The molecular weight excluding hydrogens is 258 g/mol. The Bertz CT molecular complexity index is 306. The van der Waals surface area contributed by atoms with Crippen molar-refractivity contribution in [1.82, 2.24) is 0 Å². The largest absolute Gasteiger partial charge is 0.633 e. The van der Waals surface area contributed by atoms with Gasteiger partial charge in [-0.15, -0.1) is 0 Å². The molecule has 21 heavy (non-hydrogen) atoms. The molecule has 0 aromatic heterocycles.